The van der Waals surface area contributed by atoms with E-state index in [2.05, 4.69) is 4.98 Å². The maximum atomic E-state index is 12.9. The van der Waals surface area contributed by atoms with Crippen molar-refractivity contribution in [2.24, 2.45) is 0 Å². The van der Waals surface area contributed by atoms with Crippen LogP contribution in [0, 0.1) is 0 Å². The molecule has 0 fully saturated rings. The molecule has 0 aliphatic rings. The molecule has 8 heteroatoms. The van der Waals surface area contributed by atoms with Crippen LogP contribution in [0.5, 0.6) is 0 Å². The van der Waals surface area contributed by atoms with E-state index in [4.69, 9.17) is 10.2 Å². The smallest absolute Gasteiger partial charge is 0.330 e. The van der Waals surface area contributed by atoms with E-state index in [9.17, 15) is 14.4 Å². The molecule has 0 bridgehead atoms. The number of amides is 1. The summed E-state index contributed by atoms with van der Waals surface area (Å²) in [5.41, 5.74) is 4.90. The van der Waals surface area contributed by atoms with Crippen molar-refractivity contribution in [2.45, 2.75) is 52.5 Å². The number of nitrogens with one attached hydrogen (secondary N) is 1. The number of furan rings is 1. The van der Waals surface area contributed by atoms with Crippen LogP contribution in [0.2, 0.25) is 0 Å². The van der Waals surface area contributed by atoms with Gasteiger partial charge in [0.25, 0.3) is 11.5 Å². The number of anilines is 2. The van der Waals surface area contributed by atoms with Crippen LogP contribution in [-0.2, 0) is 6.54 Å². The Morgan fingerprint density at radius 1 is 1.23 bits per heavy atom. The second-order valence-corrected chi connectivity index (χ2v) is 6.14. The normalized spacial score (nSPS) is 10.8. The first-order valence-electron chi connectivity index (χ1n) is 8.99. The summed E-state index contributed by atoms with van der Waals surface area (Å²) < 4.78 is 6.50. The van der Waals surface area contributed by atoms with Gasteiger partial charge in [0, 0.05) is 13.1 Å². The first kappa shape index (κ1) is 19.6. The summed E-state index contributed by atoms with van der Waals surface area (Å²) in [6.45, 7) is 4.73. The number of nitrogen functional groups attached to an aromatic ring is 1. The molecule has 2 aromatic rings. The first-order valence-corrected chi connectivity index (χ1v) is 8.99. The fourth-order valence-corrected chi connectivity index (χ4v) is 2.74. The van der Waals surface area contributed by atoms with Gasteiger partial charge in [-0.2, -0.15) is 0 Å². The summed E-state index contributed by atoms with van der Waals surface area (Å²) in [7, 11) is 0. The maximum Gasteiger partial charge on any atom is 0.330 e. The van der Waals surface area contributed by atoms with Crippen molar-refractivity contribution in [3.8, 4) is 0 Å². The number of nitrogens with zero attached hydrogens (tertiary/aromatic N) is 2. The van der Waals surface area contributed by atoms with Crippen molar-refractivity contribution < 1.29 is 9.21 Å². The summed E-state index contributed by atoms with van der Waals surface area (Å²) in [5.74, 6) is -0.334. The Labute approximate surface area is 151 Å². The van der Waals surface area contributed by atoms with Crippen LogP contribution in [0.25, 0.3) is 0 Å². The predicted molar refractivity (Wildman–Crippen MR) is 101 cm³/mol. The number of hydrogen-bond donors (Lipinski definition) is 2. The standard InChI is InChI=1S/C18H26N4O4/c1-3-5-7-11-21(17(24)13-9-8-12-26-13)14-15(19)22(10-6-4-2)18(25)20-16(14)23/h8-9,12H,3-7,10-11,19H2,1-2H3,(H,20,23,25). The predicted octanol–water partition coefficient (Wildman–Crippen LogP) is 2.35. The van der Waals surface area contributed by atoms with Crippen LogP contribution >= 0.6 is 0 Å². The molecule has 0 radical (unpaired) electrons. The molecule has 2 rings (SSSR count). The topological polar surface area (TPSA) is 114 Å². The monoisotopic (exact) mass is 362 g/mol. The summed E-state index contributed by atoms with van der Waals surface area (Å²) in [6.07, 6.45) is 5.56. The summed E-state index contributed by atoms with van der Waals surface area (Å²) in [5, 5.41) is 0. The number of nitrogens with two attached hydrogens (primary N) is 1. The molecule has 1 amide bonds. The highest BCUT2D eigenvalue weighted by Crippen LogP contribution is 2.21. The zero-order valence-electron chi connectivity index (χ0n) is 15.3. The minimum Gasteiger partial charge on any atom is -0.459 e. The minimum absolute atomic E-state index is 0.00166. The highest BCUT2D eigenvalue weighted by atomic mass is 16.3. The molecular formula is C18H26N4O4. The second kappa shape index (κ2) is 9.07. The van der Waals surface area contributed by atoms with Gasteiger partial charge in [-0.25, -0.2) is 4.79 Å². The zero-order valence-corrected chi connectivity index (χ0v) is 15.3. The molecular weight excluding hydrogens is 336 g/mol. The van der Waals surface area contributed by atoms with E-state index in [1.165, 1.54) is 21.8 Å². The average molecular weight is 362 g/mol. The van der Waals surface area contributed by atoms with Gasteiger partial charge >= 0.3 is 5.69 Å². The Kier molecular flexibility index (Phi) is 6.82. The largest absolute Gasteiger partial charge is 0.459 e. The third-order valence-corrected chi connectivity index (χ3v) is 4.18. The van der Waals surface area contributed by atoms with Crippen LogP contribution < -0.4 is 21.9 Å². The lowest BCUT2D eigenvalue weighted by Gasteiger charge is -2.23. The number of hydrogen-bond acceptors (Lipinski definition) is 5. The number of carbonyl (C=O) groups is 1. The lowest BCUT2D eigenvalue weighted by atomic mass is 10.2. The summed E-state index contributed by atoms with van der Waals surface area (Å²) in [4.78, 5) is 41.0. The Hall–Kier alpha value is -2.77. The highest BCUT2D eigenvalue weighted by Gasteiger charge is 2.26. The second-order valence-electron chi connectivity index (χ2n) is 6.14. The van der Waals surface area contributed by atoms with Crippen LogP contribution in [-0.4, -0.2) is 22.0 Å². The molecule has 0 atom stereocenters. The lowest BCUT2D eigenvalue weighted by molar-refractivity contribution is 0.0959. The Morgan fingerprint density at radius 3 is 2.58 bits per heavy atom. The lowest BCUT2D eigenvalue weighted by Crippen LogP contribution is -2.41. The van der Waals surface area contributed by atoms with Crippen molar-refractivity contribution in [3.05, 3.63) is 45.0 Å². The van der Waals surface area contributed by atoms with Gasteiger partial charge in [-0.15, -0.1) is 0 Å². The quantitative estimate of drug-likeness (QED) is 0.665. The number of unbranched alkanes of at least 4 members (excludes halogenated alkanes) is 3. The van der Waals surface area contributed by atoms with Gasteiger partial charge in [-0.3, -0.25) is 24.0 Å². The zero-order chi connectivity index (χ0) is 19.1. The molecule has 0 spiro atoms. The number of H-pyrrole nitrogens is 1. The molecule has 3 N–H and O–H groups in total. The molecule has 2 heterocycles. The van der Waals surface area contributed by atoms with Crippen LogP contribution in [0.3, 0.4) is 0 Å². The highest BCUT2D eigenvalue weighted by molar-refractivity contribution is 6.05. The van der Waals surface area contributed by atoms with E-state index in [0.717, 1.165) is 25.7 Å². The van der Waals surface area contributed by atoms with E-state index in [-0.39, 0.29) is 17.3 Å². The summed E-state index contributed by atoms with van der Waals surface area (Å²) >= 11 is 0. The van der Waals surface area contributed by atoms with Gasteiger partial charge in [0.2, 0.25) is 0 Å². The van der Waals surface area contributed by atoms with Crippen LogP contribution in [0.4, 0.5) is 11.5 Å². The Bertz CT molecular complexity index is 836. The molecule has 2 aromatic heterocycles. The van der Waals surface area contributed by atoms with Crippen molar-refractivity contribution in [3.63, 3.8) is 0 Å². The number of carbonyl (C=O) groups excluding carboxylic acids is 1. The molecule has 0 unspecified atom stereocenters. The fourth-order valence-electron chi connectivity index (χ4n) is 2.74. The third kappa shape index (κ3) is 4.25. The molecule has 0 saturated carbocycles. The van der Waals surface area contributed by atoms with Gasteiger partial charge in [0.05, 0.1) is 6.26 Å². The van der Waals surface area contributed by atoms with E-state index in [0.29, 0.717) is 19.5 Å². The molecule has 0 aliphatic carbocycles. The van der Waals surface area contributed by atoms with Gasteiger partial charge in [-0.1, -0.05) is 33.1 Å². The van der Waals surface area contributed by atoms with Crippen LogP contribution in [0.15, 0.2) is 32.4 Å². The molecule has 142 valence electrons. The van der Waals surface area contributed by atoms with E-state index in [1.54, 1.807) is 6.07 Å². The SMILES string of the molecule is CCCCCN(C(=O)c1ccco1)c1c(N)n(CCCC)c(=O)[nH]c1=O. The number of aromatic nitrogens is 2. The molecule has 0 aliphatic heterocycles. The molecule has 26 heavy (non-hydrogen) atoms. The maximum absolute atomic E-state index is 12.9. The van der Waals surface area contributed by atoms with E-state index < -0.39 is 17.2 Å². The minimum atomic E-state index is -0.670. The van der Waals surface area contributed by atoms with Crippen molar-refractivity contribution in [1.29, 1.82) is 0 Å². The number of aromatic amines is 1. The van der Waals surface area contributed by atoms with Gasteiger partial charge < -0.3 is 10.2 Å². The molecule has 0 saturated heterocycles. The van der Waals surface area contributed by atoms with Gasteiger partial charge in [0.15, 0.2) is 11.4 Å². The summed E-state index contributed by atoms with van der Waals surface area (Å²) in [6, 6.07) is 3.14. The fraction of sp³-hybridized carbons (Fsp3) is 0.500. The Morgan fingerprint density at radius 2 is 1.96 bits per heavy atom. The third-order valence-electron chi connectivity index (χ3n) is 4.18. The van der Waals surface area contributed by atoms with Crippen molar-refractivity contribution in [1.82, 2.24) is 9.55 Å². The van der Waals surface area contributed by atoms with Crippen molar-refractivity contribution >= 4 is 17.4 Å². The Balaban J connectivity index is 2.50. The number of rotatable bonds is 9. The van der Waals surface area contributed by atoms with Crippen molar-refractivity contribution in [2.75, 3.05) is 17.2 Å². The van der Waals surface area contributed by atoms with Gasteiger partial charge in [0.1, 0.15) is 5.82 Å². The molecule has 8 nitrogen and oxygen atoms in total. The van der Waals surface area contributed by atoms with E-state index >= 15 is 0 Å². The van der Waals surface area contributed by atoms with Crippen LogP contribution in [0.1, 0.15) is 56.5 Å². The molecule has 0 aromatic carbocycles. The average Bonchev–Trinajstić information content (AvgIpc) is 3.14. The van der Waals surface area contributed by atoms with Gasteiger partial charge in [-0.05, 0) is 25.0 Å². The first-order chi connectivity index (χ1) is 12.5. The van der Waals surface area contributed by atoms with E-state index in [1.807, 2.05) is 13.8 Å².